The van der Waals surface area contributed by atoms with Gasteiger partial charge >= 0.3 is 0 Å². The Kier molecular flexibility index (Phi) is 39.0. The molecule has 268 valence electrons. The van der Waals surface area contributed by atoms with Gasteiger partial charge in [-0.25, -0.2) is 9.97 Å². The molecule has 0 radical (unpaired) electrons. The summed E-state index contributed by atoms with van der Waals surface area (Å²) in [6.07, 6.45) is 23.9. The van der Waals surface area contributed by atoms with Crippen molar-refractivity contribution < 1.29 is 14.2 Å². The number of aryl methyl sites for hydroxylation is 1. The van der Waals surface area contributed by atoms with Crippen LogP contribution in [0.25, 0.3) is 0 Å². The third-order valence-electron chi connectivity index (χ3n) is 6.17. The molecular formula is C38H78N4O3. The van der Waals surface area contributed by atoms with Gasteiger partial charge in [-0.3, -0.25) is 0 Å². The fourth-order valence-corrected chi connectivity index (χ4v) is 3.39. The second kappa shape index (κ2) is 36.8. The van der Waals surface area contributed by atoms with Crippen LogP contribution in [0.3, 0.4) is 0 Å². The second-order valence-electron chi connectivity index (χ2n) is 13.1. The van der Waals surface area contributed by atoms with Crippen molar-refractivity contribution in [3.63, 3.8) is 0 Å². The van der Waals surface area contributed by atoms with Crippen LogP contribution < -0.4 is 0 Å². The van der Waals surface area contributed by atoms with Crippen LogP contribution in [0.2, 0.25) is 0 Å². The maximum Gasteiger partial charge on any atom is 0.0946 e. The summed E-state index contributed by atoms with van der Waals surface area (Å²) in [5.74, 6) is 1.68. The van der Waals surface area contributed by atoms with E-state index in [9.17, 15) is 0 Å². The summed E-state index contributed by atoms with van der Waals surface area (Å²) in [6, 6.07) is 0. The van der Waals surface area contributed by atoms with E-state index in [0.717, 1.165) is 44.7 Å². The Hall–Kier alpha value is -1.70. The van der Waals surface area contributed by atoms with Crippen molar-refractivity contribution in [2.45, 2.75) is 179 Å². The van der Waals surface area contributed by atoms with E-state index in [2.05, 4.69) is 90.7 Å². The molecule has 45 heavy (non-hydrogen) atoms. The molecule has 0 spiro atoms. The van der Waals surface area contributed by atoms with E-state index in [4.69, 9.17) is 14.2 Å². The normalized spacial score (nSPS) is 10.6. The minimum atomic E-state index is 0.318. The van der Waals surface area contributed by atoms with Crippen LogP contribution in [-0.4, -0.2) is 57.2 Å². The zero-order valence-corrected chi connectivity index (χ0v) is 32.3. The van der Waals surface area contributed by atoms with E-state index in [-0.39, 0.29) is 0 Å². The van der Waals surface area contributed by atoms with Crippen molar-refractivity contribution in [2.24, 2.45) is 11.8 Å². The van der Waals surface area contributed by atoms with Crippen LogP contribution in [0.5, 0.6) is 0 Å². The maximum absolute atomic E-state index is 5.37. The summed E-state index contributed by atoms with van der Waals surface area (Å²) in [5, 5.41) is 0. The molecule has 7 nitrogen and oxygen atoms in total. The van der Waals surface area contributed by atoms with Crippen LogP contribution in [0, 0.1) is 11.8 Å². The number of unbranched alkanes of at least 4 members (excludes halogenated alkanes) is 4. The molecular weight excluding hydrogens is 560 g/mol. The number of hydrogen-bond acceptors (Lipinski definition) is 5. The summed E-state index contributed by atoms with van der Waals surface area (Å²) in [7, 11) is 0. The van der Waals surface area contributed by atoms with Gasteiger partial charge in [0.2, 0.25) is 0 Å². The topological polar surface area (TPSA) is 63.3 Å². The van der Waals surface area contributed by atoms with E-state index in [1.54, 1.807) is 12.5 Å². The molecule has 0 aliphatic rings. The van der Waals surface area contributed by atoms with Gasteiger partial charge in [0.05, 0.1) is 37.6 Å². The lowest BCUT2D eigenvalue weighted by Crippen LogP contribution is -2.09. The van der Waals surface area contributed by atoms with Gasteiger partial charge < -0.3 is 23.3 Å². The lowest BCUT2D eigenvalue weighted by Gasteiger charge is -2.06. The van der Waals surface area contributed by atoms with Gasteiger partial charge in [0, 0.05) is 51.1 Å². The predicted molar refractivity (Wildman–Crippen MR) is 196 cm³/mol. The Morgan fingerprint density at radius 2 is 0.911 bits per heavy atom. The molecule has 0 unspecified atom stereocenters. The zero-order chi connectivity index (χ0) is 34.7. The average molecular weight is 639 g/mol. The highest BCUT2D eigenvalue weighted by Crippen LogP contribution is 2.04. The SMILES string of the molecule is CC(C)CCn1ccnc1.CC(C)OCCn1ccnc1.CCCCC(C)C.CCCCCOC(C)C.CCCCOC(C)C. The Morgan fingerprint density at radius 1 is 0.489 bits per heavy atom. The van der Waals surface area contributed by atoms with Gasteiger partial charge in [-0.2, -0.15) is 0 Å². The van der Waals surface area contributed by atoms with Crippen molar-refractivity contribution in [3.8, 4) is 0 Å². The van der Waals surface area contributed by atoms with E-state index in [1.807, 2.05) is 43.3 Å². The molecule has 7 heteroatoms. The van der Waals surface area contributed by atoms with E-state index < -0.39 is 0 Å². The molecule has 0 aromatic carbocycles. The summed E-state index contributed by atoms with van der Waals surface area (Å²) in [6.45, 7) is 32.6. The third-order valence-corrected chi connectivity index (χ3v) is 6.17. The summed E-state index contributed by atoms with van der Waals surface area (Å²) >= 11 is 0. The number of aromatic nitrogens is 4. The highest BCUT2D eigenvalue weighted by atomic mass is 16.5. The van der Waals surface area contributed by atoms with Crippen molar-refractivity contribution in [1.82, 2.24) is 19.1 Å². The van der Waals surface area contributed by atoms with Crippen LogP contribution in [0.4, 0.5) is 0 Å². The fraction of sp³-hybridized carbons (Fsp3) is 0.842. The van der Waals surface area contributed by atoms with Gasteiger partial charge in [-0.15, -0.1) is 0 Å². The molecule has 2 aromatic heterocycles. The highest BCUT2D eigenvalue weighted by Gasteiger charge is 1.95. The molecule has 0 saturated heterocycles. The summed E-state index contributed by atoms with van der Waals surface area (Å²) < 4.78 is 20.1. The van der Waals surface area contributed by atoms with Gasteiger partial charge in [0.1, 0.15) is 0 Å². The smallest absolute Gasteiger partial charge is 0.0946 e. The molecule has 0 bridgehead atoms. The minimum Gasteiger partial charge on any atom is -0.379 e. The number of hydrogen-bond donors (Lipinski definition) is 0. The van der Waals surface area contributed by atoms with E-state index in [0.29, 0.717) is 18.3 Å². The summed E-state index contributed by atoms with van der Waals surface area (Å²) in [5.41, 5.74) is 0. The first kappa shape index (κ1) is 47.7. The third kappa shape index (κ3) is 46.8. The number of imidazole rings is 2. The fourth-order valence-electron chi connectivity index (χ4n) is 3.39. The quantitative estimate of drug-likeness (QED) is 0.143. The maximum atomic E-state index is 5.37. The van der Waals surface area contributed by atoms with Crippen molar-refractivity contribution in [3.05, 3.63) is 37.4 Å². The van der Waals surface area contributed by atoms with Gasteiger partial charge in [0.25, 0.3) is 0 Å². The average Bonchev–Trinajstić information content (AvgIpc) is 3.69. The Balaban J connectivity index is -0.000000495. The number of nitrogens with zero attached hydrogens (tertiary/aromatic N) is 4. The Labute approximate surface area is 281 Å². The zero-order valence-electron chi connectivity index (χ0n) is 32.3. The van der Waals surface area contributed by atoms with Crippen molar-refractivity contribution in [2.75, 3.05) is 19.8 Å². The number of rotatable bonds is 19. The monoisotopic (exact) mass is 639 g/mol. The molecule has 2 aromatic rings. The lowest BCUT2D eigenvalue weighted by molar-refractivity contribution is 0.0727. The lowest BCUT2D eigenvalue weighted by atomic mass is 10.1. The second-order valence-corrected chi connectivity index (χ2v) is 13.1. The molecule has 0 atom stereocenters. The van der Waals surface area contributed by atoms with Gasteiger partial charge in [0.15, 0.2) is 0 Å². The molecule has 2 heterocycles. The predicted octanol–water partition coefficient (Wildman–Crippen LogP) is 10.9. The molecule has 0 aliphatic heterocycles. The largest absolute Gasteiger partial charge is 0.379 e. The van der Waals surface area contributed by atoms with Crippen LogP contribution in [0.15, 0.2) is 37.4 Å². The molecule has 0 fully saturated rings. The van der Waals surface area contributed by atoms with E-state index >= 15 is 0 Å². The number of ether oxygens (including phenoxy) is 3. The molecule has 0 aliphatic carbocycles. The van der Waals surface area contributed by atoms with Crippen LogP contribution in [0.1, 0.15) is 148 Å². The first-order chi connectivity index (χ1) is 21.4. The first-order valence-electron chi connectivity index (χ1n) is 18.1. The van der Waals surface area contributed by atoms with Gasteiger partial charge in [-0.1, -0.05) is 87.0 Å². The molecule has 0 N–H and O–H groups in total. The van der Waals surface area contributed by atoms with E-state index in [1.165, 1.54) is 57.8 Å². The minimum absolute atomic E-state index is 0.318. The molecule has 0 amide bonds. The van der Waals surface area contributed by atoms with Crippen LogP contribution >= 0.6 is 0 Å². The van der Waals surface area contributed by atoms with Crippen molar-refractivity contribution >= 4 is 0 Å². The van der Waals surface area contributed by atoms with Gasteiger partial charge in [-0.05, 0) is 72.6 Å². The first-order valence-corrected chi connectivity index (χ1v) is 18.1. The standard InChI is InChI=1S/C8H14N2O.C8H14N2.C8H18O.C7H16O.C7H16/c1-8(2)11-6-5-10-4-3-9-7-10;1-8(2)3-5-10-6-4-9-7-10;1-4-5-6-7-9-8(2)3;1-4-5-6-8-7(2)3;1-4-5-6-7(2)3/h3-4,7-8H,5-6H2,1-2H3;4,6-8H,3,5H2,1-2H3;8H,4-7H2,1-3H3;7H,4-6H2,1-3H3;7H,4-6H2,1-3H3. The Morgan fingerprint density at radius 3 is 1.27 bits per heavy atom. The van der Waals surface area contributed by atoms with Crippen LogP contribution in [-0.2, 0) is 27.3 Å². The summed E-state index contributed by atoms with van der Waals surface area (Å²) in [4.78, 5) is 7.89. The molecule has 0 saturated carbocycles. The van der Waals surface area contributed by atoms with Crippen molar-refractivity contribution in [1.29, 1.82) is 0 Å². The molecule has 2 rings (SSSR count). The Bertz CT molecular complexity index is 745. The highest BCUT2D eigenvalue weighted by molar-refractivity contribution is 4.74.